The Morgan fingerprint density at radius 3 is 2.71 bits per heavy atom. The van der Waals surface area contributed by atoms with Gasteiger partial charge in [0.15, 0.2) is 0 Å². The minimum absolute atomic E-state index is 0.231. The third-order valence-corrected chi connectivity index (χ3v) is 6.27. The molecule has 24 heavy (non-hydrogen) atoms. The summed E-state index contributed by atoms with van der Waals surface area (Å²) in [5.41, 5.74) is 1.68. The lowest BCUT2D eigenvalue weighted by Gasteiger charge is -2.27. The number of carbonyl (C=O) groups is 1. The monoisotopic (exact) mass is 330 g/mol. The number of amides is 1. The molecule has 1 saturated heterocycles. The topological polar surface area (TPSA) is 61.9 Å². The predicted molar refractivity (Wildman–Crippen MR) is 90.7 cm³/mol. The Hall–Kier alpha value is -1.69. The number of fused-ring (bicyclic) bond motifs is 2. The van der Waals surface area contributed by atoms with E-state index in [2.05, 4.69) is 10.1 Å². The summed E-state index contributed by atoms with van der Waals surface area (Å²) >= 11 is 0. The van der Waals surface area contributed by atoms with Crippen molar-refractivity contribution in [1.29, 1.82) is 0 Å². The number of likely N-dealkylation sites (tertiary alicyclic amines) is 1. The van der Waals surface area contributed by atoms with Gasteiger partial charge in [0, 0.05) is 37.7 Å². The van der Waals surface area contributed by atoms with Crippen molar-refractivity contribution in [3.63, 3.8) is 0 Å². The molecule has 1 saturated carbocycles. The zero-order chi connectivity index (χ0) is 17.1. The fourth-order valence-corrected chi connectivity index (χ4v) is 5.02. The zero-order valence-corrected chi connectivity index (χ0v) is 15.0. The number of aromatic nitrogens is 1. The van der Waals surface area contributed by atoms with Gasteiger partial charge >= 0.3 is 0 Å². The Labute approximate surface area is 142 Å². The first-order valence-corrected chi connectivity index (χ1v) is 8.98. The molecule has 0 aromatic carbocycles. The third-order valence-electron chi connectivity index (χ3n) is 6.27. The third kappa shape index (κ3) is 2.08. The molecule has 4 rings (SSSR count). The van der Waals surface area contributed by atoms with E-state index in [1.54, 1.807) is 0 Å². The molecule has 0 N–H and O–H groups in total. The van der Waals surface area contributed by atoms with E-state index >= 15 is 0 Å². The number of hydrogen-bond donors (Lipinski definition) is 0. The Morgan fingerprint density at radius 1 is 1.29 bits per heavy atom. The molecule has 1 aliphatic carbocycles. The Kier molecular flexibility index (Phi) is 3.56. The molecular weight excluding hydrogens is 304 g/mol. The van der Waals surface area contributed by atoms with E-state index in [1.165, 1.54) is 5.56 Å². The summed E-state index contributed by atoms with van der Waals surface area (Å²) in [6.45, 7) is 11.5. The molecule has 1 aromatic rings. The average molecular weight is 330 g/mol. The van der Waals surface area contributed by atoms with Crippen molar-refractivity contribution in [2.75, 3.05) is 19.6 Å². The van der Waals surface area contributed by atoms with Crippen molar-refractivity contribution in [2.24, 2.45) is 16.8 Å². The van der Waals surface area contributed by atoms with Crippen molar-refractivity contribution >= 4 is 11.7 Å². The minimum atomic E-state index is -0.488. The molecular formula is C18H26N4O2. The maximum atomic E-state index is 13.0. The molecule has 6 heteroatoms. The molecule has 1 aromatic heterocycles. The second-order valence-corrected chi connectivity index (χ2v) is 7.53. The second kappa shape index (κ2) is 5.41. The smallest absolute Gasteiger partial charge is 0.256 e. The van der Waals surface area contributed by atoms with Gasteiger partial charge in [-0.05, 0) is 46.5 Å². The SMILES string of the molecule is CCN1C(=O)[C@@]2(CC[C@H]3CN(Cc4c(C)noc4C)C[C@H]32)N=C1C. The molecule has 1 spiro atoms. The van der Waals surface area contributed by atoms with Gasteiger partial charge in [-0.1, -0.05) is 5.16 Å². The molecule has 2 aliphatic heterocycles. The van der Waals surface area contributed by atoms with Gasteiger partial charge in [0.05, 0.1) is 5.69 Å². The largest absolute Gasteiger partial charge is 0.361 e. The summed E-state index contributed by atoms with van der Waals surface area (Å²) in [6.07, 6.45) is 2.01. The predicted octanol–water partition coefficient (Wildman–Crippen LogP) is 2.15. The summed E-state index contributed by atoms with van der Waals surface area (Å²) < 4.78 is 5.29. The number of carbonyl (C=O) groups excluding carboxylic acids is 1. The molecule has 0 bridgehead atoms. The van der Waals surface area contributed by atoms with Crippen LogP contribution >= 0.6 is 0 Å². The van der Waals surface area contributed by atoms with Crippen LogP contribution in [-0.4, -0.2) is 51.9 Å². The van der Waals surface area contributed by atoms with Crippen molar-refractivity contribution in [3.8, 4) is 0 Å². The summed E-state index contributed by atoms with van der Waals surface area (Å²) in [6, 6.07) is 0. The number of aliphatic imine (C=N–C) groups is 1. The number of amidine groups is 1. The Bertz CT molecular complexity index is 690. The van der Waals surface area contributed by atoms with Gasteiger partial charge in [0.2, 0.25) is 0 Å². The summed E-state index contributed by atoms with van der Waals surface area (Å²) in [5, 5.41) is 4.06. The van der Waals surface area contributed by atoms with Crippen molar-refractivity contribution in [3.05, 3.63) is 17.0 Å². The van der Waals surface area contributed by atoms with Crippen LogP contribution in [0.3, 0.4) is 0 Å². The van der Waals surface area contributed by atoms with E-state index in [0.717, 1.165) is 56.3 Å². The molecule has 3 aliphatic rings. The van der Waals surface area contributed by atoms with Crippen molar-refractivity contribution in [1.82, 2.24) is 15.0 Å². The van der Waals surface area contributed by atoms with Crippen LogP contribution in [0.1, 0.15) is 43.7 Å². The zero-order valence-electron chi connectivity index (χ0n) is 15.0. The number of aryl methyl sites for hydroxylation is 2. The van der Waals surface area contributed by atoms with Gasteiger partial charge in [-0.25, -0.2) is 0 Å². The molecule has 3 atom stereocenters. The molecule has 1 amide bonds. The maximum Gasteiger partial charge on any atom is 0.256 e. The molecule has 2 fully saturated rings. The molecule has 3 heterocycles. The molecule has 130 valence electrons. The maximum absolute atomic E-state index is 13.0. The summed E-state index contributed by atoms with van der Waals surface area (Å²) in [4.78, 5) is 22.2. The number of rotatable bonds is 3. The van der Waals surface area contributed by atoms with E-state index in [0.29, 0.717) is 11.8 Å². The van der Waals surface area contributed by atoms with Gasteiger partial charge in [-0.3, -0.25) is 19.6 Å². The number of likely N-dealkylation sites (N-methyl/N-ethyl adjacent to an activating group) is 1. The van der Waals surface area contributed by atoms with Crippen LogP contribution in [0.25, 0.3) is 0 Å². The van der Waals surface area contributed by atoms with Crippen LogP contribution in [0.5, 0.6) is 0 Å². The normalized spacial score (nSPS) is 32.9. The van der Waals surface area contributed by atoms with Crippen molar-refractivity contribution < 1.29 is 9.32 Å². The lowest BCUT2D eigenvalue weighted by Crippen LogP contribution is -2.46. The fourth-order valence-electron chi connectivity index (χ4n) is 5.02. The highest BCUT2D eigenvalue weighted by molar-refractivity contribution is 6.07. The van der Waals surface area contributed by atoms with Gasteiger partial charge in [0.25, 0.3) is 5.91 Å². The van der Waals surface area contributed by atoms with Crippen LogP contribution < -0.4 is 0 Å². The molecule has 0 unspecified atom stereocenters. The number of nitrogens with zero attached hydrogens (tertiary/aromatic N) is 4. The quantitative estimate of drug-likeness (QED) is 0.852. The first-order valence-electron chi connectivity index (χ1n) is 8.98. The number of hydrogen-bond acceptors (Lipinski definition) is 5. The van der Waals surface area contributed by atoms with E-state index in [4.69, 9.17) is 9.52 Å². The molecule has 6 nitrogen and oxygen atoms in total. The lowest BCUT2D eigenvalue weighted by molar-refractivity contribution is -0.132. The van der Waals surface area contributed by atoms with Gasteiger partial charge in [-0.2, -0.15) is 0 Å². The van der Waals surface area contributed by atoms with Crippen LogP contribution in [0.15, 0.2) is 9.52 Å². The van der Waals surface area contributed by atoms with E-state index < -0.39 is 5.54 Å². The van der Waals surface area contributed by atoms with E-state index in [9.17, 15) is 4.79 Å². The second-order valence-electron chi connectivity index (χ2n) is 7.53. The summed E-state index contributed by atoms with van der Waals surface area (Å²) in [7, 11) is 0. The van der Waals surface area contributed by atoms with E-state index in [-0.39, 0.29) is 5.91 Å². The van der Waals surface area contributed by atoms with Crippen LogP contribution in [0.2, 0.25) is 0 Å². The highest BCUT2D eigenvalue weighted by Crippen LogP contribution is 2.50. The van der Waals surface area contributed by atoms with E-state index in [1.807, 2.05) is 32.6 Å². The van der Waals surface area contributed by atoms with Crippen LogP contribution in [0, 0.1) is 25.7 Å². The highest BCUT2D eigenvalue weighted by Gasteiger charge is 2.60. The Balaban J connectivity index is 1.55. The van der Waals surface area contributed by atoms with Crippen LogP contribution in [0.4, 0.5) is 0 Å². The van der Waals surface area contributed by atoms with Gasteiger partial charge in [-0.15, -0.1) is 0 Å². The minimum Gasteiger partial charge on any atom is -0.361 e. The first-order chi connectivity index (χ1) is 11.5. The highest BCUT2D eigenvalue weighted by atomic mass is 16.5. The molecule has 0 radical (unpaired) electrons. The summed E-state index contributed by atoms with van der Waals surface area (Å²) in [5.74, 6) is 2.95. The fraction of sp³-hybridized carbons (Fsp3) is 0.722. The lowest BCUT2D eigenvalue weighted by atomic mass is 9.85. The first kappa shape index (κ1) is 15.8. The van der Waals surface area contributed by atoms with Crippen molar-refractivity contribution in [2.45, 2.75) is 52.6 Å². The standard InChI is InChI=1S/C18H26N4O2/c1-5-22-13(4)19-18(17(22)23)7-6-14-8-21(10-16(14)18)9-15-11(2)20-24-12(15)3/h14,16H,5-10H2,1-4H3/t14-,16+,18-/m0/s1. The van der Waals surface area contributed by atoms with Crippen LogP contribution in [-0.2, 0) is 11.3 Å². The average Bonchev–Trinajstić information content (AvgIpc) is 3.24. The van der Waals surface area contributed by atoms with Gasteiger partial charge < -0.3 is 4.52 Å². The van der Waals surface area contributed by atoms with Gasteiger partial charge in [0.1, 0.15) is 17.1 Å². The Morgan fingerprint density at radius 2 is 2.08 bits per heavy atom.